The molecule has 43 heavy (non-hydrogen) atoms. The van der Waals surface area contributed by atoms with Crippen molar-refractivity contribution in [3.63, 3.8) is 0 Å². The number of hydrogen-bond donors (Lipinski definition) is 2. The number of amides is 2. The number of aryl methyl sites for hydroxylation is 2. The van der Waals surface area contributed by atoms with Gasteiger partial charge in [-0.1, -0.05) is 25.1 Å². The first kappa shape index (κ1) is 30.4. The highest BCUT2D eigenvalue weighted by molar-refractivity contribution is 7.98. The molecule has 1 aliphatic heterocycles. The van der Waals surface area contributed by atoms with E-state index in [1.165, 1.54) is 19.3 Å². The van der Waals surface area contributed by atoms with Gasteiger partial charge in [0.05, 0.1) is 11.4 Å². The standard InChI is InChI=1S/C36H40N4O2S/c1-4-19-43-24-27-9-8-10-28(21-27)36(42)39-33-14-13-31(40-17-6-5-7-18-40)23-32(33)34-22-30(15-16-37-34)38-35(41)29-12-11-25(2)26(3)20-29/h8-16,20-23H,4-7,17-19,24H2,1-3H3,(H,39,42)(H,37,38,41). The minimum absolute atomic E-state index is 0.159. The van der Waals surface area contributed by atoms with Crippen molar-refractivity contribution >= 4 is 40.6 Å². The van der Waals surface area contributed by atoms with Crippen LogP contribution >= 0.6 is 11.8 Å². The van der Waals surface area contributed by atoms with E-state index in [0.29, 0.717) is 28.2 Å². The molecule has 3 aromatic carbocycles. The van der Waals surface area contributed by atoms with Gasteiger partial charge in [-0.15, -0.1) is 0 Å². The second-order valence-electron chi connectivity index (χ2n) is 11.2. The molecule has 2 heterocycles. The van der Waals surface area contributed by atoms with Gasteiger partial charge in [-0.25, -0.2) is 0 Å². The van der Waals surface area contributed by atoms with Crippen molar-refractivity contribution in [2.24, 2.45) is 0 Å². The third-order valence-electron chi connectivity index (χ3n) is 7.84. The number of carbonyl (C=O) groups excluding carboxylic acids is 2. The third-order valence-corrected chi connectivity index (χ3v) is 9.08. The van der Waals surface area contributed by atoms with Crippen LogP contribution in [0.5, 0.6) is 0 Å². The number of thioether (sulfide) groups is 1. The van der Waals surface area contributed by atoms with Gasteiger partial charge < -0.3 is 15.5 Å². The lowest BCUT2D eigenvalue weighted by Crippen LogP contribution is -2.29. The van der Waals surface area contributed by atoms with Crippen LogP contribution in [0.3, 0.4) is 0 Å². The van der Waals surface area contributed by atoms with E-state index in [1.54, 1.807) is 12.3 Å². The van der Waals surface area contributed by atoms with Gasteiger partial charge in [-0.3, -0.25) is 14.6 Å². The highest BCUT2D eigenvalue weighted by atomic mass is 32.2. The summed E-state index contributed by atoms with van der Waals surface area (Å²) in [4.78, 5) is 33.6. The van der Waals surface area contributed by atoms with E-state index in [1.807, 2.05) is 74.1 Å². The van der Waals surface area contributed by atoms with E-state index < -0.39 is 0 Å². The van der Waals surface area contributed by atoms with E-state index in [9.17, 15) is 9.59 Å². The summed E-state index contributed by atoms with van der Waals surface area (Å²) >= 11 is 1.88. The molecule has 0 radical (unpaired) electrons. The molecule has 1 fully saturated rings. The average Bonchev–Trinajstić information content (AvgIpc) is 3.03. The molecule has 0 unspecified atom stereocenters. The quantitative estimate of drug-likeness (QED) is 0.181. The maximum absolute atomic E-state index is 13.5. The predicted octanol–water partition coefficient (Wildman–Crippen LogP) is 8.50. The Morgan fingerprint density at radius 1 is 0.837 bits per heavy atom. The maximum atomic E-state index is 13.5. The van der Waals surface area contributed by atoms with Crippen LogP contribution in [-0.2, 0) is 5.75 Å². The molecule has 222 valence electrons. The van der Waals surface area contributed by atoms with E-state index in [4.69, 9.17) is 0 Å². The first-order valence-electron chi connectivity index (χ1n) is 15.1. The number of carbonyl (C=O) groups is 2. The normalized spacial score (nSPS) is 13.0. The molecule has 5 rings (SSSR count). The summed E-state index contributed by atoms with van der Waals surface area (Å²) in [5, 5.41) is 6.18. The fourth-order valence-electron chi connectivity index (χ4n) is 5.27. The Kier molecular flexibility index (Phi) is 10.2. The fraction of sp³-hybridized carbons (Fsp3) is 0.306. The lowest BCUT2D eigenvalue weighted by Gasteiger charge is -2.29. The first-order valence-corrected chi connectivity index (χ1v) is 16.3. The van der Waals surface area contributed by atoms with Crippen LogP contribution in [0.4, 0.5) is 17.1 Å². The van der Waals surface area contributed by atoms with Crippen molar-refractivity contribution in [1.29, 1.82) is 0 Å². The summed E-state index contributed by atoms with van der Waals surface area (Å²) < 4.78 is 0. The molecule has 0 atom stereocenters. The van der Waals surface area contributed by atoms with Crippen molar-refractivity contribution < 1.29 is 9.59 Å². The molecule has 0 saturated carbocycles. The summed E-state index contributed by atoms with van der Waals surface area (Å²) in [7, 11) is 0. The average molecular weight is 593 g/mol. The van der Waals surface area contributed by atoms with Crippen molar-refractivity contribution in [2.75, 3.05) is 34.4 Å². The second-order valence-corrected chi connectivity index (χ2v) is 12.3. The summed E-state index contributed by atoms with van der Waals surface area (Å²) in [6, 6.07) is 23.4. The smallest absolute Gasteiger partial charge is 0.255 e. The van der Waals surface area contributed by atoms with Crippen LogP contribution in [0.1, 0.15) is 70.0 Å². The van der Waals surface area contributed by atoms with Gasteiger partial charge in [0, 0.05) is 53.1 Å². The van der Waals surface area contributed by atoms with Crippen molar-refractivity contribution in [2.45, 2.75) is 52.2 Å². The lowest BCUT2D eigenvalue weighted by molar-refractivity contribution is 0.101. The van der Waals surface area contributed by atoms with Gasteiger partial charge in [0.1, 0.15) is 0 Å². The SMILES string of the molecule is CCCSCc1cccc(C(=O)Nc2ccc(N3CCCCC3)cc2-c2cc(NC(=O)c3ccc(C)c(C)c3)ccn2)c1. The molecule has 0 bridgehead atoms. The van der Waals surface area contributed by atoms with Crippen LogP contribution < -0.4 is 15.5 Å². The number of anilines is 3. The number of hydrogen-bond acceptors (Lipinski definition) is 5. The highest BCUT2D eigenvalue weighted by Gasteiger charge is 2.18. The van der Waals surface area contributed by atoms with Crippen molar-refractivity contribution in [3.8, 4) is 11.3 Å². The zero-order valence-corrected chi connectivity index (χ0v) is 26.1. The van der Waals surface area contributed by atoms with Crippen LogP contribution in [-0.4, -0.2) is 35.6 Å². The van der Waals surface area contributed by atoms with E-state index in [-0.39, 0.29) is 11.8 Å². The van der Waals surface area contributed by atoms with Crippen LogP contribution in [0, 0.1) is 13.8 Å². The van der Waals surface area contributed by atoms with Crippen LogP contribution in [0.25, 0.3) is 11.3 Å². The number of nitrogens with one attached hydrogen (secondary N) is 2. The number of rotatable bonds is 10. The van der Waals surface area contributed by atoms with E-state index in [2.05, 4.69) is 45.6 Å². The second kappa shape index (κ2) is 14.4. The van der Waals surface area contributed by atoms with Crippen LogP contribution in [0.15, 0.2) is 79.0 Å². The van der Waals surface area contributed by atoms with E-state index >= 15 is 0 Å². The zero-order chi connectivity index (χ0) is 30.2. The molecule has 7 heteroatoms. The molecule has 1 saturated heterocycles. The number of aromatic nitrogens is 1. The Hall–Kier alpha value is -4.10. The Bertz CT molecular complexity index is 1600. The maximum Gasteiger partial charge on any atom is 0.255 e. The van der Waals surface area contributed by atoms with Gasteiger partial charge in [-0.2, -0.15) is 11.8 Å². The molecule has 2 amide bonds. The molecule has 1 aliphatic rings. The van der Waals surface area contributed by atoms with Gasteiger partial charge >= 0.3 is 0 Å². The Balaban J connectivity index is 1.43. The number of benzene rings is 3. The lowest BCUT2D eigenvalue weighted by atomic mass is 10.0. The first-order chi connectivity index (χ1) is 20.9. The third kappa shape index (κ3) is 7.85. The molecule has 0 aliphatic carbocycles. The minimum atomic E-state index is -0.173. The fourth-order valence-corrected chi connectivity index (χ4v) is 6.12. The van der Waals surface area contributed by atoms with Crippen molar-refractivity contribution in [1.82, 2.24) is 4.98 Å². The molecule has 6 nitrogen and oxygen atoms in total. The number of piperidine rings is 1. The molecule has 1 aromatic heterocycles. The topological polar surface area (TPSA) is 74.3 Å². The number of nitrogens with zero attached hydrogens (tertiary/aromatic N) is 2. The van der Waals surface area contributed by atoms with E-state index in [0.717, 1.165) is 59.0 Å². The summed E-state index contributed by atoms with van der Waals surface area (Å²) in [5.41, 5.74) is 8.52. The molecule has 2 N–H and O–H groups in total. The minimum Gasteiger partial charge on any atom is -0.372 e. The molecule has 0 spiro atoms. The van der Waals surface area contributed by atoms with Gasteiger partial charge in [0.25, 0.3) is 11.8 Å². The largest absolute Gasteiger partial charge is 0.372 e. The predicted molar refractivity (Wildman–Crippen MR) is 180 cm³/mol. The number of pyridine rings is 1. The molecule has 4 aromatic rings. The Morgan fingerprint density at radius 3 is 2.42 bits per heavy atom. The molecular weight excluding hydrogens is 552 g/mol. The van der Waals surface area contributed by atoms with Crippen molar-refractivity contribution in [3.05, 3.63) is 107 Å². The van der Waals surface area contributed by atoms with Gasteiger partial charge in [0.15, 0.2) is 0 Å². The highest BCUT2D eigenvalue weighted by Crippen LogP contribution is 2.34. The van der Waals surface area contributed by atoms with Gasteiger partial charge in [-0.05, 0) is 117 Å². The van der Waals surface area contributed by atoms with Gasteiger partial charge in [0.2, 0.25) is 0 Å². The summed E-state index contributed by atoms with van der Waals surface area (Å²) in [5.74, 6) is 1.65. The van der Waals surface area contributed by atoms with Crippen LogP contribution in [0.2, 0.25) is 0 Å². The zero-order valence-electron chi connectivity index (χ0n) is 25.3. The Morgan fingerprint density at radius 2 is 1.63 bits per heavy atom. The monoisotopic (exact) mass is 592 g/mol. The Labute approximate surface area is 259 Å². The summed E-state index contributed by atoms with van der Waals surface area (Å²) in [6.07, 6.45) is 6.41. The molecular formula is C36H40N4O2S. The summed E-state index contributed by atoms with van der Waals surface area (Å²) in [6.45, 7) is 8.22.